The van der Waals surface area contributed by atoms with Crippen LogP contribution in [0.5, 0.6) is 17.2 Å². The molecule has 1 aliphatic carbocycles. The number of carbonyl (C=O) groups is 2. The first kappa shape index (κ1) is 22.9. The maximum Gasteiger partial charge on any atom is 0.261 e. The van der Waals surface area contributed by atoms with Gasteiger partial charge in [0.25, 0.3) is 5.91 Å². The van der Waals surface area contributed by atoms with Gasteiger partial charge >= 0.3 is 0 Å². The monoisotopic (exact) mass is 480 g/mol. The minimum Gasteiger partial charge on any atom is -0.507 e. The van der Waals surface area contributed by atoms with E-state index in [-0.39, 0.29) is 42.1 Å². The van der Waals surface area contributed by atoms with Gasteiger partial charge in [0.2, 0.25) is 0 Å². The van der Waals surface area contributed by atoms with Crippen molar-refractivity contribution < 1.29 is 24.2 Å². The number of phenols is 1. The normalized spacial score (nSPS) is 31.4. The minimum absolute atomic E-state index is 0.0191. The van der Waals surface area contributed by atoms with Crippen molar-refractivity contribution in [2.45, 2.75) is 76.5 Å². The third kappa shape index (κ3) is 4.11. The summed E-state index contributed by atoms with van der Waals surface area (Å²) in [6, 6.07) is 3.90. The molecule has 188 valence electrons. The molecule has 4 atom stereocenters. The van der Waals surface area contributed by atoms with Gasteiger partial charge in [-0.1, -0.05) is 18.1 Å². The number of nitrogens with zero attached hydrogens (tertiary/aromatic N) is 2. The van der Waals surface area contributed by atoms with Crippen LogP contribution >= 0.6 is 0 Å². The van der Waals surface area contributed by atoms with Crippen LogP contribution in [0.4, 0.5) is 0 Å². The molecule has 0 unspecified atom stereocenters. The number of fused-ring (bicyclic) bond motifs is 7. The summed E-state index contributed by atoms with van der Waals surface area (Å²) in [7, 11) is 0. The van der Waals surface area contributed by atoms with Crippen molar-refractivity contribution >= 4 is 11.7 Å². The van der Waals surface area contributed by atoms with Gasteiger partial charge in [-0.15, -0.1) is 0 Å². The quantitative estimate of drug-likeness (QED) is 0.661. The maximum absolute atomic E-state index is 13.4. The van der Waals surface area contributed by atoms with Crippen LogP contribution < -0.4 is 9.47 Å². The van der Waals surface area contributed by atoms with E-state index in [0.29, 0.717) is 29.4 Å². The minimum atomic E-state index is -0.645. The lowest BCUT2D eigenvalue weighted by Crippen LogP contribution is -2.60. The van der Waals surface area contributed by atoms with Gasteiger partial charge in [0.1, 0.15) is 28.4 Å². The zero-order valence-electron chi connectivity index (χ0n) is 20.8. The second-order valence-corrected chi connectivity index (χ2v) is 11.7. The van der Waals surface area contributed by atoms with E-state index in [1.807, 2.05) is 18.7 Å². The topological polar surface area (TPSA) is 79.3 Å². The summed E-state index contributed by atoms with van der Waals surface area (Å²) < 4.78 is 11.8. The molecule has 1 N–H and O–H groups in total. The molecule has 0 saturated carbocycles. The maximum atomic E-state index is 13.4. The van der Waals surface area contributed by atoms with E-state index >= 15 is 0 Å². The molecule has 6 rings (SSSR count). The number of aromatic hydroxyl groups is 1. The Balaban J connectivity index is 1.18. The van der Waals surface area contributed by atoms with Crippen molar-refractivity contribution in [3.8, 4) is 17.2 Å². The van der Waals surface area contributed by atoms with E-state index in [1.54, 1.807) is 6.07 Å². The highest BCUT2D eigenvalue weighted by atomic mass is 16.5. The van der Waals surface area contributed by atoms with Gasteiger partial charge < -0.3 is 19.5 Å². The average Bonchev–Trinajstić information content (AvgIpc) is 2.81. The highest BCUT2D eigenvalue weighted by Gasteiger charge is 2.47. The number of ketones is 1. The molecule has 4 heterocycles. The van der Waals surface area contributed by atoms with E-state index in [4.69, 9.17) is 9.47 Å². The Labute approximate surface area is 207 Å². The molecule has 0 spiro atoms. The summed E-state index contributed by atoms with van der Waals surface area (Å²) >= 11 is 0. The molecule has 0 aromatic heterocycles. The molecule has 7 heteroatoms. The SMILES string of the molecule is CC1(C)CC(=O)c2c(O)cc(OCC(=O)N3CCCC4=C[C@H]5C[C@H](CN6CCCC[C@@H]56)[C@@H]43)cc2O1. The van der Waals surface area contributed by atoms with Crippen LogP contribution in [-0.4, -0.2) is 70.5 Å². The molecule has 35 heavy (non-hydrogen) atoms. The Morgan fingerprint density at radius 3 is 2.94 bits per heavy atom. The molecule has 7 nitrogen and oxygen atoms in total. The summed E-state index contributed by atoms with van der Waals surface area (Å²) in [5.41, 5.74) is 1.00. The number of Topliss-reactive ketones (excluding diaryl/α,β-unsaturated/α-hetero) is 1. The lowest BCUT2D eigenvalue weighted by Gasteiger charge is -2.54. The van der Waals surface area contributed by atoms with Gasteiger partial charge in [-0.2, -0.15) is 0 Å². The molecule has 5 aliphatic rings. The molecular weight excluding hydrogens is 444 g/mol. The number of benzene rings is 1. The Kier molecular flexibility index (Phi) is 5.59. The Bertz CT molecular complexity index is 1080. The zero-order valence-corrected chi connectivity index (χ0v) is 20.8. The lowest BCUT2D eigenvalue weighted by atomic mass is 9.68. The third-order valence-electron chi connectivity index (χ3n) is 8.65. The van der Waals surface area contributed by atoms with Gasteiger partial charge in [-0.3, -0.25) is 14.5 Å². The molecule has 3 fully saturated rings. The molecule has 2 bridgehead atoms. The predicted molar refractivity (Wildman–Crippen MR) is 131 cm³/mol. The van der Waals surface area contributed by atoms with Crippen LogP contribution in [0.25, 0.3) is 0 Å². The first-order chi connectivity index (χ1) is 16.8. The van der Waals surface area contributed by atoms with Crippen molar-refractivity contribution in [2.24, 2.45) is 11.8 Å². The summed E-state index contributed by atoms with van der Waals surface area (Å²) in [6.45, 7) is 6.63. The van der Waals surface area contributed by atoms with Crippen molar-refractivity contribution in [3.63, 3.8) is 0 Å². The number of likely N-dealkylation sites (tertiary alicyclic amines) is 1. The number of hydrogen-bond donors (Lipinski definition) is 1. The average molecular weight is 481 g/mol. The van der Waals surface area contributed by atoms with Crippen LogP contribution in [0, 0.1) is 11.8 Å². The van der Waals surface area contributed by atoms with Crippen LogP contribution in [-0.2, 0) is 4.79 Å². The first-order valence-corrected chi connectivity index (χ1v) is 13.3. The molecule has 1 aromatic rings. The van der Waals surface area contributed by atoms with E-state index in [2.05, 4.69) is 11.0 Å². The van der Waals surface area contributed by atoms with E-state index in [1.165, 1.54) is 43.9 Å². The number of rotatable bonds is 3. The standard InChI is InChI=1S/C28H36N2O5/c1-28(2)14-23(32)26-22(31)12-20(13-24(26)35-28)34-16-25(33)30-9-5-6-17-10-18-11-19(27(17)30)15-29-8-4-3-7-21(18)29/h10,12-13,18-19,21,27,31H,3-9,11,14-16H2,1-2H3/t18-,19+,21-,27+/m0/s1. The smallest absolute Gasteiger partial charge is 0.261 e. The van der Waals surface area contributed by atoms with Crippen molar-refractivity contribution in [3.05, 3.63) is 29.3 Å². The fourth-order valence-electron chi connectivity index (χ4n) is 7.31. The second kappa shape index (κ2) is 8.54. The van der Waals surface area contributed by atoms with E-state index < -0.39 is 5.60 Å². The second-order valence-electron chi connectivity index (χ2n) is 11.7. The van der Waals surface area contributed by atoms with Gasteiger partial charge in [-0.25, -0.2) is 0 Å². The van der Waals surface area contributed by atoms with Crippen molar-refractivity contribution in [1.29, 1.82) is 0 Å². The van der Waals surface area contributed by atoms with Gasteiger partial charge in [0.05, 0.1) is 12.5 Å². The summed E-state index contributed by atoms with van der Waals surface area (Å²) in [5.74, 6) is 1.45. The molecule has 0 radical (unpaired) electrons. The van der Waals surface area contributed by atoms with Crippen LogP contribution in [0.2, 0.25) is 0 Å². The lowest BCUT2D eigenvalue weighted by molar-refractivity contribution is -0.138. The number of piperidine rings is 3. The van der Waals surface area contributed by atoms with Crippen molar-refractivity contribution in [1.82, 2.24) is 9.80 Å². The molecule has 1 amide bonds. The Morgan fingerprint density at radius 1 is 1.23 bits per heavy atom. The summed E-state index contributed by atoms with van der Waals surface area (Å²) in [6.07, 6.45) is 9.92. The number of hydrogen-bond acceptors (Lipinski definition) is 6. The van der Waals surface area contributed by atoms with Crippen LogP contribution in [0.1, 0.15) is 69.2 Å². The van der Waals surface area contributed by atoms with Crippen LogP contribution in [0.3, 0.4) is 0 Å². The molecule has 3 saturated heterocycles. The van der Waals surface area contributed by atoms with E-state index in [9.17, 15) is 14.7 Å². The molecule has 4 aliphatic heterocycles. The largest absolute Gasteiger partial charge is 0.507 e. The Morgan fingerprint density at radius 2 is 2.09 bits per heavy atom. The van der Waals surface area contributed by atoms with Gasteiger partial charge in [0, 0.05) is 31.3 Å². The highest BCUT2D eigenvalue weighted by molar-refractivity contribution is 6.03. The number of ether oxygens (including phenoxy) is 2. The fraction of sp³-hybridized carbons (Fsp3) is 0.643. The zero-order chi connectivity index (χ0) is 24.3. The predicted octanol–water partition coefficient (Wildman–Crippen LogP) is 3.94. The van der Waals surface area contributed by atoms with Gasteiger partial charge in [-0.05, 0) is 64.3 Å². The molecule has 1 aromatic carbocycles. The number of phenolic OH excluding ortho intramolecular Hbond substituents is 1. The van der Waals surface area contributed by atoms with E-state index in [0.717, 1.165) is 25.9 Å². The molecular formula is C28H36N2O5. The van der Waals surface area contributed by atoms with Crippen molar-refractivity contribution in [2.75, 3.05) is 26.2 Å². The van der Waals surface area contributed by atoms with Gasteiger partial charge in [0.15, 0.2) is 12.4 Å². The third-order valence-corrected chi connectivity index (χ3v) is 8.65. The number of carbonyl (C=O) groups excluding carboxylic acids is 2. The van der Waals surface area contributed by atoms with Crippen LogP contribution in [0.15, 0.2) is 23.8 Å². The highest BCUT2D eigenvalue weighted by Crippen LogP contribution is 2.45. The summed E-state index contributed by atoms with van der Waals surface area (Å²) in [5, 5.41) is 10.5. The fourth-order valence-corrected chi connectivity index (χ4v) is 7.31. The Hall–Kier alpha value is -2.54. The first-order valence-electron chi connectivity index (χ1n) is 13.3. The number of amides is 1. The summed E-state index contributed by atoms with van der Waals surface area (Å²) in [4.78, 5) is 30.6.